The van der Waals surface area contributed by atoms with E-state index in [9.17, 15) is 4.79 Å². The number of anilines is 1. The molecule has 4 heteroatoms. The molecule has 2 aromatic rings. The highest BCUT2D eigenvalue weighted by molar-refractivity contribution is 5.96. The summed E-state index contributed by atoms with van der Waals surface area (Å²) in [5, 5.41) is 2.71. The van der Waals surface area contributed by atoms with Gasteiger partial charge >= 0.3 is 5.97 Å². The third kappa shape index (κ3) is 4.33. The van der Waals surface area contributed by atoms with Crippen molar-refractivity contribution in [2.45, 2.75) is 46.5 Å². The summed E-state index contributed by atoms with van der Waals surface area (Å²) in [6, 6.07) is 11.6. The lowest BCUT2D eigenvalue weighted by atomic mass is 9.67. The first-order chi connectivity index (χ1) is 16.0. The zero-order valence-electron chi connectivity index (χ0n) is 20.2. The Morgan fingerprint density at radius 3 is 2.82 bits per heavy atom. The number of benzene rings is 2. The van der Waals surface area contributed by atoms with Crippen LogP contribution in [0.5, 0.6) is 0 Å². The number of carbonyl (C=O) groups excluding carboxylic acids is 1. The second-order valence-corrected chi connectivity index (χ2v) is 10.1. The Hall–Kier alpha value is -2.59. The van der Waals surface area contributed by atoms with Crippen molar-refractivity contribution in [3.63, 3.8) is 0 Å². The molecule has 3 aliphatic rings. The molecule has 1 heterocycles. The Morgan fingerprint density at radius 1 is 1.21 bits per heavy atom. The molecule has 0 aromatic heterocycles. The van der Waals surface area contributed by atoms with E-state index in [1.807, 2.05) is 6.92 Å². The first kappa shape index (κ1) is 22.2. The average molecular weight is 446 g/mol. The van der Waals surface area contributed by atoms with Crippen LogP contribution in [0.1, 0.15) is 51.2 Å². The Balaban J connectivity index is 1.43. The SMILES string of the molecule is CCOC(=O)CCC1(C)C=C2C(=CC1)c1ccc3cc(N4CCOCC4)ccc3c1CC2C. The smallest absolute Gasteiger partial charge is 0.305 e. The van der Waals surface area contributed by atoms with Gasteiger partial charge in [-0.2, -0.15) is 0 Å². The standard InChI is InChI=1S/C29H35NO3/c1-4-33-28(31)10-12-29(3)11-9-25-24-7-5-21-18-22(30-13-15-32-16-14-30)6-8-23(21)26(24)17-20(2)27(25)19-29/h5-9,18-20H,4,10-17H2,1-3H3. The maximum absolute atomic E-state index is 11.9. The molecular weight excluding hydrogens is 410 g/mol. The summed E-state index contributed by atoms with van der Waals surface area (Å²) < 4.78 is 10.7. The highest BCUT2D eigenvalue weighted by Gasteiger charge is 2.33. The maximum Gasteiger partial charge on any atom is 0.305 e. The van der Waals surface area contributed by atoms with Crippen LogP contribution in [0.4, 0.5) is 5.69 Å². The Kier molecular flexibility index (Phi) is 6.05. The quantitative estimate of drug-likeness (QED) is 0.535. The van der Waals surface area contributed by atoms with Crippen molar-refractivity contribution >= 4 is 28.0 Å². The van der Waals surface area contributed by atoms with E-state index in [-0.39, 0.29) is 11.4 Å². The van der Waals surface area contributed by atoms with Crippen LogP contribution in [0.15, 0.2) is 48.1 Å². The summed E-state index contributed by atoms with van der Waals surface area (Å²) >= 11 is 0. The predicted octanol–water partition coefficient (Wildman–Crippen LogP) is 5.93. The molecule has 0 spiro atoms. The van der Waals surface area contributed by atoms with Crippen molar-refractivity contribution in [2.75, 3.05) is 37.8 Å². The van der Waals surface area contributed by atoms with Crippen LogP contribution < -0.4 is 4.90 Å². The van der Waals surface area contributed by atoms with Gasteiger partial charge in [-0.15, -0.1) is 0 Å². The van der Waals surface area contributed by atoms with Crippen molar-refractivity contribution < 1.29 is 14.3 Å². The molecule has 1 aliphatic heterocycles. The van der Waals surface area contributed by atoms with Gasteiger partial charge in [0.05, 0.1) is 19.8 Å². The summed E-state index contributed by atoms with van der Waals surface area (Å²) in [6.07, 6.45) is 8.22. The summed E-state index contributed by atoms with van der Waals surface area (Å²) in [7, 11) is 0. The lowest BCUT2D eigenvalue weighted by Crippen LogP contribution is -2.36. The Morgan fingerprint density at radius 2 is 2.03 bits per heavy atom. The lowest BCUT2D eigenvalue weighted by molar-refractivity contribution is -0.143. The van der Waals surface area contributed by atoms with E-state index < -0.39 is 0 Å². The fourth-order valence-electron chi connectivity index (χ4n) is 5.72. The number of rotatable bonds is 5. The molecule has 4 nitrogen and oxygen atoms in total. The van der Waals surface area contributed by atoms with E-state index in [1.54, 1.807) is 0 Å². The van der Waals surface area contributed by atoms with E-state index in [0.29, 0.717) is 18.9 Å². The molecule has 1 saturated heterocycles. The van der Waals surface area contributed by atoms with Gasteiger partial charge in [-0.3, -0.25) is 4.79 Å². The first-order valence-electron chi connectivity index (χ1n) is 12.4. The van der Waals surface area contributed by atoms with Crippen molar-refractivity contribution in [2.24, 2.45) is 11.3 Å². The van der Waals surface area contributed by atoms with Crippen molar-refractivity contribution in [3.05, 3.63) is 59.2 Å². The second kappa shape index (κ2) is 8.98. The van der Waals surface area contributed by atoms with E-state index in [4.69, 9.17) is 9.47 Å². The number of ether oxygens (including phenoxy) is 2. The van der Waals surface area contributed by atoms with Gasteiger partial charge in [0.1, 0.15) is 0 Å². The summed E-state index contributed by atoms with van der Waals surface area (Å²) in [4.78, 5) is 14.3. The van der Waals surface area contributed by atoms with Crippen molar-refractivity contribution in [1.29, 1.82) is 0 Å². The fraction of sp³-hybridized carbons (Fsp3) is 0.483. The number of carbonyl (C=O) groups is 1. The zero-order valence-corrected chi connectivity index (χ0v) is 20.2. The molecule has 2 atom stereocenters. The number of esters is 1. The van der Waals surface area contributed by atoms with Crippen LogP contribution >= 0.6 is 0 Å². The Labute approximate surface area is 197 Å². The van der Waals surface area contributed by atoms with Crippen LogP contribution in [0.3, 0.4) is 0 Å². The molecular formula is C29H35NO3. The highest BCUT2D eigenvalue weighted by Crippen LogP contribution is 2.48. The molecule has 0 radical (unpaired) electrons. The normalized spacial score (nSPS) is 24.6. The minimum absolute atomic E-state index is 0.0151. The molecule has 0 N–H and O–H groups in total. The van der Waals surface area contributed by atoms with Crippen molar-refractivity contribution in [1.82, 2.24) is 0 Å². The van der Waals surface area contributed by atoms with Gasteiger partial charge in [0.2, 0.25) is 0 Å². The average Bonchev–Trinajstić information content (AvgIpc) is 2.83. The van der Waals surface area contributed by atoms with Crippen LogP contribution in [-0.4, -0.2) is 38.9 Å². The molecule has 33 heavy (non-hydrogen) atoms. The van der Waals surface area contributed by atoms with Gasteiger partial charge < -0.3 is 14.4 Å². The molecule has 2 aliphatic carbocycles. The number of hydrogen-bond acceptors (Lipinski definition) is 4. The maximum atomic E-state index is 11.9. The van der Waals surface area contributed by atoms with Crippen LogP contribution in [0.25, 0.3) is 16.3 Å². The molecule has 0 saturated carbocycles. The largest absolute Gasteiger partial charge is 0.466 e. The van der Waals surface area contributed by atoms with E-state index in [1.165, 1.54) is 38.7 Å². The number of hydrogen-bond donors (Lipinski definition) is 0. The summed E-state index contributed by atoms with van der Waals surface area (Å²) in [5.41, 5.74) is 7.03. The molecule has 0 amide bonds. The number of fused-ring (bicyclic) bond motifs is 5. The molecule has 0 bridgehead atoms. The van der Waals surface area contributed by atoms with Gasteiger partial charge in [0.15, 0.2) is 0 Å². The Bertz CT molecular complexity index is 1130. The molecule has 1 fully saturated rings. The molecule has 174 valence electrons. The topological polar surface area (TPSA) is 38.8 Å². The van der Waals surface area contributed by atoms with E-state index in [0.717, 1.165) is 45.6 Å². The minimum Gasteiger partial charge on any atom is -0.466 e. The van der Waals surface area contributed by atoms with Gasteiger partial charge in [-0.1, -0.05) is 44.2 Å². The summed E-state index contributed by atoms with van der Waals surface area (Å²) in [5.74, 6) is 0.382. The molecule has 2 unspecified atom stereocenters. The van der Waals surface area contributed by atoms with Crippen molar-refractivity contribution in [3.8, 4) is 0 Å². The van der Waals surface area contributed by atoms with Gasteiger partial charge in [-0.05, 0) is 82.7 Å². The molecule has 2 aromatic carbocycles. The van der Waals surface area contributed by atoms with Crippen LogP contribution in [-0.2, 0) is 20.7 Å². The van der Waals surface area contributed by atoms with E-state index in [2.05, 4.69) is 61.2 Å². The fourth-order valence-corrected chi connectivity index (χ4v) is 5.72. The first-order valence-corrected chi connectivity index (χ1v) is 12.4. The van der Waals surface area contributed by atoms with Gasteiger partial charge in [0, 0.05) is 25.2 Å². The monoisotopic (exact) mass is 445 g/mol. The third-order valence-corrected chi connectivity index (χ3v) is 7.62. The second-order valence-electron chi connectivity index (χ2n) is 10.1. The number of nitrogens with zero attached hydrogens (tertiary/aromatic N) is 1. The number of morpholine rings is 1. The van der Waals surface area contributed by atoms with Crippen LogP contribution in [0.2, 0.25) is 0 Å². The van der Waals surface area contributed by atoms with Gasteiger partial charge in [0.25, 0.3) is 0 Å². The molecule has 5 rings (SSSR count). The van der Waals surface area contributed by atoms with Crippen LogP contribution in [0, 0.1) is 11.3 Å². The minimum atomic E-state index is -0.0862. The zero-order chi connectivity index (χ0) is 23.0. The van der Waals surface area contributed by atoms with E-state index >= 15 is 0 Å². The highest BCUT2D eigenvalue weighted by atomic mass is 16.5. The predicted molar refractivity (Wildman–Crippen MR) is 134 cm³/mol. The third-order valence-electron chi connectivity index (χ3n) is 7.62. The van der Waals surface area contributed by atoms with Gasteiger partial charge in [-0.25, -0.2) is 0 Å². The lowest BCUT2D eigenvalue weighted by Gasteiger charge is -2.37. The summed E-state index contributed by atoms with van der Waals surface area (Å²) in [6.45, 7) is 10.5. The number of allylic oxidation sites excluding steroid dienone is 4.